The van der Waals surface area contributed by atoms with Crippen molar-refractivity contribution in [2.45, 2.75) is 52.1 Å². The van der Waals surface area contributed by atoms with E-state index in [1.54, 1.807) is 6.08 Å². The molecule has 2 fully saturated rings. The number of fused-ring (bicyclic) bond motifs is 1. The van der Waals surface area contributed by atoms with Crippen molar-refractivity contribution >= 4 is 11.8 Å². The molecule has 3 rings (SSSR count). The SMILES string of the molecule is C=C1CCC2C(C)(CO)C(O)CCC2(C)C1CC(=O)C1=CCOC1=O. The third-order valence-electron chi connectivity index (χ3n) is 7.11. The maximum atomic E-state index is 12.7. The van der Waals surface area contributed by atoms with Gasteiger partial charge in [-0.15, -0.1) is 0 Å². The fourth-order valence-corrected chi connectivity index (χ4v) is 5.46. The van der Waals surface area contributed by atoms with E-state index >= 15 is 0 Å². The Morgan fingerprint density at radius 2 is 2.12 bits per heavy atom. The molecule has 5 atom stereocenters. The zero-order valence-corrected chi connectivity index (χ0v) is 15.1. The van der Waals surface area contributed by atoms with Crippen molar-refractivity contribution in [1.82, 2.24) is 0 Å². The monoisotopic (exact) mass is 348 g/mol. The first-order chi connectivity index (χ1) is 11.7. The van der Waals surface area contributed by atoms with Gasteiger partial charge in [0.05, 0.1) is 12.7 Å². The smallest absolute Gasteiger partial charge is 0.341 e. The fourth-order valence-electron chi connectivity index (χ4n) is 5.46. The van der Waals surface area contributed by atoms with E-state index in [4.69, 9.17) is 4.74 Å². The summed E-state index contributed by atoms with van der Waals surface area (Å²) in [6.07, 6.45) is 4.29. The molecule has 2 aliphatic carbocycles. The van der Waals surface area contributed by atoms with Crippen LogP contribution < -0.4 is 0 Å². The second-order valence-electron chi connectivity index (χ2n) is 8.37. The number of aliphatic hydroxyl groups excluding tert-OH is 2. The maximum absolute atomic E-state index is 12.7. The van der Waals surface area contributed by atoms with E-state index in [0.717, 1.165) is 24.8 Å². The zero-order chi connectivity index (χ0) is 18.4. The number of aliphatic hydroxyl groups is 2. The maximum Gasteiger partial charge on any atom is 0.341 e. The van der Waals surface area contributed by atoms with E-state index in [0.29, 0.717) is 6.42 Å². The highest BCUT2D eigenvalue weighted by molar-refractivity contribution is 6.18. The molecule has 0 aromatic heterocycles. The molecule has 2 saturated carbocycles. The molecule has 0 aromatic carbocycles. The Labute approximate surface area is 148 Å². The number of ketones is 1. The Morgan fingerprint density at radius 3 is 2.72 bits per heavy atom. The molecular weight excluding hydrogens is 320 g/mol. The van der Waals surface area contributed by atoms with Gasteiger partial charge in [0.15, 0.2) is 5.78 Å². The summed E-state index contributed by atoms with van der Waals surface area (Å²) >= 11 is 0. The predicted molar refractivity (Wildman–Crippen MR) is 92.6 cm³/mol. The van der Waals surface area contributed by atoms with Crippen molar-refractivity contribution in [3.63, 3.8) is 0 Å². The van der Waals surface area contributed by atoms with Gasteiger partial charge in [-0.3, -0.25) is 4.79 Å². The molecule has 5 heteroatoms. The number of carbonyl (C=O) groups excluding carboxylic acids is 2. The highest BCUT2D eigenvalue weighted by Crippen LogP contribution is 2.61. The number of rotatable bonds is 4. The average Bonchev–Trinajstić information content (AvgIpc) is 3.01. The molecule has 0 bridgehead atoms. The van der Waals surface area contributed by atoms with Crippen LogP contribution in [0.15, 0.2) is 23.8 Å². The number of hydrogen-bond acceptors (Lipinski definition) is 5. The van der Waals surface area contributed by atoms with Crippen LogP contribution in [0.1, 0.15) is 46.0 Å². The van der Waals surface area contributed by atoms with Gasteiger partial charge in [0.2, 0.25) is 0 Å². The van der Waals surface area contributed by atoms with Crippen molar-refractivity contribution in [2.75, 3.05) is 13.2 Å². The standard InChI is InChI=1S/C20H28O5/c1-12-4-5-16-19(2,8-6-17(23)20(16,3)11-21)14(12)10-15(22)13-7-9-25-18(13)24/h7,14,16-17,21,23H,1,4-6,8-11H2,2-3H3. The highest BCUT2D eigenvalue weighted by Gasteiger charge is 2.57. The van der Waals surface area contributed by atoms with Crippen LogP contribution in [0.5, 0.6) is 0 Å². The normalized spacial score (nSPS) is 41.1. The van der Waals surface area contributed by atoms with Gasteiger partial charge in [-0.05, 0) is 49.0 Å². The number of esters is 1. The summed E-state index contributed by atoms with van der Waals surface area (Å²) in [7, 11) is 0. The van der Waals surface area contributed by atoms with Crippen LogP contribution in [-0.4, -0.2) is 41.3 Å². The quantitative estimate of drug-likeness (QED) is 0.462. The minimum atomic E-state index is -0.569. The van der Waals surface area contributed by atoms with Gasteiger partial charge in [0, 0.05) is 11.8 Å². The lowest BCUT2D eigenvalue weighted by Gasteiger charge is -2.59. The molecule has 0 amide bonds. The van der Waals surface area contributed by atoms with E-state index in [-0.39, 0.29) is 48.2 Å². The van der Waals surface area contributed by atoms with Crippen molar-refractivity contribution in [2.24, 2.45) is 22.7 Å². The highest BCUT2D eigenvalue weighted by atomic mass is 16.5. The molecular formula is C20H28O5. The molecule has 3 aliphatic rings. The second kappa shape index (κ2) is 6.36. The largest absolute Gasteiger partial charge is 0.458 e. The number of carbonyl (C=O) groups is 2. The van der Waals surface area contributed by atoms with Gasteiger partial charge < -0.3 is 14.9 Å². The van der Waals surface area contributed by atoms with Crippen LogP contribution in [0.4, 0.5) is 0 Å². The van der Waals surface area contributed by atoms with Gasteiger partial charge in [-0.2, -0.15) is 0 Å². The Hall–Kier alpha value is -1.46. The van der Waals surface area contributed by atoms with Crippen LogP contribution in [0, 0.1) is 22.7 Å². The molecule has 0 radical (unpaired) electrons. The van der Waals surface area contributed by atoms with E-state index in [2.05, 4.69) is 13.5 Å². The lowest BCUT2D eigenvalue weighted by Crippen LogP contribution is -2.57. The molecule has 2 N–H and O–H groups in total. The van der Waals surface area contributed by atoms with Crippen LogP contribution in [0.3, 0.4) is 0 Å². The summed E-state index contributed by atoms with van der Waals surface area (Å²) in [5.41, 5.74) is 0.403. The summed E-state index contributed by atoms with van der Waals surface area (Å²) in [5, 5.41) is 20.5. The molecule has 0 spiro atoms. The van der Waals surface area contributed by atoms with Gasteiger partial charge in [-0.25, -0.2) is 4.79 Å². The molecule has 5 nitrogen and oxygen atoms in total. The number of ether oxygens (including phenoxy) is 1. The third-order valence-corrected chi connectivity index (χ3v) is 7.11. The van der Waals surface area contributed by atoms with E-state index in [9.17, 15) is 19.8 Å². The van der Waals surface area contributed by atoms with Crippen molar-refractivity contribution in [3.05, 3.63) is 23.8 Å². The van der Waals surface area contributed by atoms with Crippen molar-refractivity contribution in [1.29, 1.82) is 0 Å². The zero-order valence-electron chi connectivity index (χ0n) is 15.1. The molecule has 0 aromatic rings. The molecule has 0 saturated heterocycles. The predicted octanol–water partition coefficient (Wildman–Crippen LogP) is 2.17. The Balaban J connectivity index is 1.89. The minimum absolute atomic E-state index is 0.0496. The van der Waals surface area contributed by atoms with Crippen LogP contribution in [0.2, 0.25) is 0 Å². The second-order valence-corrected chi connectivity index (χ2v) is 8.37. The topological polar surface area (TPSA) is 83.8 Å². The number of Topliss-reactive ketones (excluding diaryl/α,β-unsaturated/α-hetero) is 1. The van der Waals surface area contributed by atoms with Gasteiger partial charge in [0.25, 0.3) is 0 Å². The molecule has 1 aliphatic heterocycles. The summed E-state index contributed by atoms with van der Waals surface area (Å²) in [4.78, 5) is 24.4. The number of hydrogen-bond donors (Lipinski definition) is 2. The Kier molecular flexibility index (Phi) is 4.67. The van der Waals surface area contributed by atoms with Crippen LogP contribution in [-0.2, 0) is 14.3 Å². The van der Waals surface area contributed by atoms with Crippen molar-refractivity contribution < 1.29 is 24.5 Å². The van der Waals surface area contributed by atoms with Gasteiger partial charge >= 0.3 is 5.97 Å². The van der Waals surface area contributed by atoms with Crippen molar-refractivity contribution in [3.8, 4) is 0 Å². The molecule has 1 heterocycles. The van der Waals surface area contributed by atoms with Crippen LogP contribution in [0.25, 0.3) is 0 Å². The Morgan fingerprint density at radius 1 is 1.40 bits per heavy atom. The molecule has 138 valence electrons. The summed E-state index contributed by atoms with van der Waals surface area (Å²) < 4.78 is 4.86. The summed E-state index contributed by atoms with van der Waals surface area (Å²) in [5.74, 6) is -0.660. The summed E-state index contributed by atoms with van der Waals surface area (Å²) in [6, 6.07) is 0. The lowest BCUT2D eigenvalue weighted by molar-refractivity contribution is -0.154. The lowest BCUT2D eigenvalue weighted by atomic mass is 9.46. The third kappa shape index (κ3) is 2.77. The summed E-state index contributed by atoms with van der Waals surface area (Å²) in [6.45, 7) is 8.41. The van der Waals surface area contributed by atoms with Crippen LogP contribution >= 0.6 is 0 Å². The first kappa shape index (κ1) is 18.3. The molecule has 5 unspecified atom stereocenters. The Bertz CT molecular complexity index is 636. The van der Waals surface area contributed by atoms with Gasteiger partial charge in [-0.1, -0.05) is 26.0 Å². The van der Waals surface area contributed by atoms with E-state index < -0.39 is 17.5 Å². The van der Waals surface area contributed by atoms with E-state index in [1.165, 1.54) is 0 Å². The fraction of sp³-hybridized carbons (Fsp3) is 0.700. The first-order valence-electron chi connectivity index (χ1n) is 9.11. The van der Waals surface area contributed by atoms with Gasteiger partial charge in [0.1, 0.15) is 12.2 Å². The minimum Gasteiger partial charge on any atom is -0.458 e. The number of cyclic esters (lactones) is 1. The molecule has 25 heavy (non-hydrogen) atoms. The van der Waals surface area contributed by atoms with E-state index in [1.807, 2.05) is 6.92 Å². The first-order valence-corrected chi connectivity index (χ1v) is 9.11. The average molecular weight is 348 g/mol. The number of allylic oxidation sites excluding steroid dienone is 1.